The molecule has 11 nitrogen and oxygen atoms in total. The Bertz CT molecular complexity index is 895. The van der Waals surface area contributed by atoms with Crippen molar-refractivity contribution in [3.05, 3.63) is 34.4 Å². The Morgan fingerprint density at radius 2 is 1.87 bits per heavy atom. The fraction of sp³-hybridized carbons (Fsp3) is 0.474. The fourth-order valence-corrected chi connectivity index (χ4v) is 3.92. The minimum atomic E-state index is -0.921. The summed E-state index contributed by atoms with van der Waals surface area (Å²) in [6.45, 7) is -1.30. The largest absolute Gasteiger partial charge is 0.454 e. The van der Waals surface area contributed by atoms with Crippen LogP contribution in [0.2, 0.25) is 0 Å². The predicted octanol–water partition coefficient (Wildman–Crippen LogP) is 1.67. The van der Waals surface area contributed by atoms with Gasteiger partial charge in [0.25, 0.3) is 17.5 Å². The Balaban J connectivity index is 1.56. The number of para-hydroxylation sites is 2. The zero-order valence-electron chi connectivity index (χ0n) is 16.5. The van der Waals surface area contributed by atoms with E-state index in [0.29, 0.717) is 12.8 Å². The molecular weight excluding hydrogens is 396 g/mol. The van der Waals surface area contributed by atoms with Crippen LogP contribution in [0.3, 0.4) is 0 Å². The normalized spacial score (nSPS) is 17.9. The summed E-state index contributed by atoms with van der Waals surface area (Å²) >= 11 is 0. The SMILES string of the molecule is CN1C(=O)N(CC(=O)OCC(=O)Nc2ccccc2[N+](=O)[O-])C(=O)C12CCCCC2. The highest BCUT2D eigenvalue weighted by Crippen LogP contribution is 2.39. The molecular formula is C19H22N4O7. The second-order valence-electron chi connectivity index (χ2n) is 7.31. The lowest BCUT2D eigenvalue weighted by molar-refractivity contribution is -0.383. The number of rotatable bonds is 6. The van der Waals surface area contributed by atoms with Crippen LogP contribution in [0.5, 0.6) is 0 Å². The topological polar surface area (TPSA) is 139 Å². The van der Waals surface area contributed by atoms with Gasteiger partial charge in [0.05, 0.1) is 4.92 Å². The first-order valence-electron chi connectivity index (χ1n) is 9.55. The van der Waals surface area contributed by atoms with E-state index in [9.17, 15) is 29.3 Å². The molecule has 2 aliphatic rings. The van der Waals surface area contributed by atoms with Crippen molar-refractivity contribution < 1.29 is 28.8 Å². The number of imide groups is 1. The Hall–Kier alpha value is -3.50. The first-order valence-corrected chi connectivity index (χ1v) is 9.55. The molecule has 4 amide bonds. The molecule has 1 aromatic carbocycles. The van der Waals surface area contributed by atoms with Crippen molar-refractivity contribution in [1.29, 1.82) is 0 Å². The number of ether oxygens (including phenoxy) is 1. The molecule has 0 aromatic heterocycles. The smallest absolute Gasteiger partial charge is 0.327 e. The molecule has 11 heteroatoms. The second kappa shape index (κ2) is 8.47. The molecule has 1 N–H and O–H groups in total. The molecule has 1 saturated heterocycles. The predicted molar refractivity (Wildman–Crippen MR) is 103 cm³/mol. The molecule has 30 heavy (non-hydrogen) atoms. The third-order valence-electron chi connectivity index (χ3n) is 5.51. The highest BCUT2D eigenvalue weighted by molar-refractivity contribution is 6.08. The quantitative estimate of drug-likeness (QED) is 0.321. The number of hydrogen-bond donors (Lipinski definition) is 1. The van der Waals surface area contributed by atoms with Crippen LogP contribution in [0.1, 0.15) is 32.1 Å². The highest BCUT2D eigenvalue weighted by atomic mass is 16.6. The molecule has 3 rings (SSSR count). The number of carbonyl (C=O) groups excluding carboxylic acids is 4. The zero-order chi connectivity index (χ0) is 21.9. The minimum Gasteiger partial charge on any atom is -0.454 e. The van der Waals surface area contributed by atoms with E-state index in [1.165, 1.54) is 29.2 Å². The van der Waals surface area contributed by atoms with E-state index < -0.39 is 47.4 Å². The summed E-state index contributed by atoms with van der Waals surface area (Å²) in [4.78, 5) is 62.0. The summed E-state index contributed by atoms with van der Waals surface area (Å²) in [6.07, 6.45) is 3.75. The van der Waals surface area contributed by atoms with Gasteiger partial charge < -0.3 is 15.0 Å². The maximum atomic E-state index is 12.8. The molecule has 1 heterocycles. The molecule has 1 aliphatic heterocycles. The molecule has 0 radical (unpaired) electrons. The average molecular weight is 418 g/mol. The number of benzene rings is 1. The van der Waals surface area contributed by atoms with Gasteiger partial charge in [-0.3, -0.25) is 29.4 Å². The van der Waals surface area contributed by atoms with Crippen LogP contribution in [0.15, 0.2) is 24.3 Å². The third kappa shape index (κ3) is 3.95. The Kier molecular flexibility index (Phi) is 5.99. The number of urea groups is 1. The highest BCUT2D eigenvalue weighted by Gasteiger charge is 2.55. The maximum Gasteiger partial charge on any atom is 0.327 e. The van der Waals surface area contributed by atoms with Crippen LogP contribution in [0, 0.1) is 10.1 Å². The molecule has 0 atom stereocenters. The van der Waals surface area contributed by atoms with Gasteiger partial charge in [0.15, 0.2) is 6.61 Å². The van der Waals surface area contributed by atoms with E-state index in [0.717, 1.165) is 24.2 Å². The number of carbonyl (C=O) groups is 4. The van der Waals surface area contributed by atoms with Crippen LogP contribution in [-0.4, -0.2) is 64.3 Å². The zero-order valence-corrected chi connectivity index (χ0v) is 16.5. The summed E-state index contributed by atoms with van der Waals surface area (Å²) in [6, 6.07) is 4.97. The monoisotopic (exact) mass is 418 g/mol. The molecule has 1 spiro atoms. The number of nitrogens with zero attached hydrogens (tertiary/aromatic N) is 3. The first kappa shape index (κ1) is 21.2. The number of nitro benzene ring substituents is 1. The van der Waals surface area contributed by atoms with E-state index in [2.05, 4.69) is 5.32 Å². The lowest BCUT2D eigenvalue weighted by atomic mass is 9.81. The summed E-state index contributed by atoms with van der Waals surface area (Å²) in [7, 11) is 1.55. The summed E-state index contributed by atoms with van der Waals surface area (Å²) in [5.41, 5.74) is -1.24. The molecule has 1 aromatic rings. The van der Waals surface area contributed by atoms with Gasteiger partial charge in [-0.25, -0.2) is 4.79 Å². The van der Waals surface area contributed by atoms with Crippen LogP contribution < -0.4 is 5.32 Å². The number of hydrogen-bond acceptors (Lipinski definition) is 7. The second-order valence-corrected chi connectivity index (χ2v) is 7.31. The van der Waals surface area contributed by atoms with Crippen LogP contribution in [0.4, 0.5) is 16.2 Å². The Morgan fingerprint density at radius 3 is 2.53 bits per heavy atom. The molecule has 0 unspecified atom stereocenters. The Morgan fingerprint density at radius 1 is 1.20 bits per heavy atom. The van der Waals surface area contributed by atoms with Crippen molar-refractivity contribution in [2.75, 3.05) is 25.5 Å². The number of likely N-dealkylation sites (N-methyl/N-ethyl adjacent to an activating group) is 1. The van der Waals surface area contributed by atoms with Crippen LogP contribution in [-0.2, 0) is 19.1 Å². The summed E-state index contributed by atoms with van der Waals surface area (Å²) < 4.78 is 4.86. The number of esters is 1. The van der Waals surface area contributed by atoms with Gasteiger partial charge in [-0.2, -0.15) is 0 Å². The van der Waals surface area contributed by atoms with Gasteiger partial charge in [-0.05, 0) is 18.9 Å². The lowest BCUT2D eigenvalue weighted by Gasteiger charge is -2.35. The summed E-state index contributed by atoms with van der Waals surface area (Å²) in [5, 5.41) is 13.3. The number of nitrogens with one attached hydrogen (secondary N) is 1. The van der Waals surface area contributed by atoms with Gasteiger partial charge in [-0.15, -0.1) is 0 Å². The van der Waals surface area contributed by atoms with Gasteiger partial charge in [-0.1, -0.05) is 31.4 Å². The Labute approximate surface area is 172 Å². The van der Waals surface area contributed by atoms with Crippen molar-refractivity contribution in [1.82, 2.24) is 9.80 Å². The fourth-order valence-electron chi connectivity index (χ4n) is 3.92. The number of nitro groups is 1. The number of amides is 4. The van der Waals surface area contributed by atoms with Crippen LogP contribution in [0.25, 0.3) is 0 Å². The molecule has 0 bridgehead atoms. The van der Waals surface area contributed by atoms with E-state index in [4.69, 9.17) is 4.74 Å². The van der Waals surface area contributed by atoms with E-state index in [1.807, 2.05) is 0 Å². The van der Waals surface area contributed by atoms with Crippen molar-refractivity contribution in [3.8, 4) is 0 Å². The first-order chi connectivity index (χ1) is 14.3. The van der Waals surface area contributed by atoms with Crippen LogP contribution >= 0.6 is 0 Å². The molecule has 2 fully saturated rings. The molecule has 1 saturated carbocycles. The summed E-state index contributed by atoms with van der Waals surface area (Å²) in [5.74, 6) is -2.12. The maximum absolute atomic E-state index is 12.8. The van der Waals surface area contributed by atoms with Crippen molar-refractivity contribution in [2.24, 2.45) is 0 Å². The van der Waals surface area contributed by atoms with E-state index >= 15 is 0 Å². The average Bonchev–Trinajstić information content (AvgIpc) is 2.89. The van der Waals surface area contributed by atoms with Crippen molar-refractivity contribution in [3.63, 3.8) is 0 Å². The van der Waals surface area contributed by atoms with Gasteiger partial charge >= 0.3 is 12.0 Å². The van der Waals surface area contributed by atoms with Gasteiger partial charge in [0.2, 0.25) is 0 Å². The van der Waals surface area contributed by atoms with Gasteiger partial charge in [0.1, 0.15) is 17.8 Å². The number of anilines is 1. The van der Waals surface area contributed by atoms with Gasteiger partial charge in [0, 0.05) is 13.1 Å². The molecule has 1 aliphatic carbocycles. The van der Waals surface area contributed by atoms with E-state index in [1.54, 1.807) is 7.05 Å². The lowest BCUT2D eigenvalue weighted by Crippen LogP contribution is -2.49. The van der Waals surface area contributed by atoms with Crippen molar-refractivity contribution >= 4 is 35.2 Å². The third-order valence-corrected chi connectivity index (χ3v) is 5.51. The minimum absolute atomic E-state index is 0.0330. The van der Waals surface area contributed by atoms with E-state index in [-0.39, 0.29) is 11.4 Å². The van der Waals surface area contributed by atoms with Crippen molar-refractivity contribution in [2.45, 2.75) is 37.6 Å². The standard InChI is InChI=1S/C19H22N4O7/c1-21-18(27)22(17(26)19(21)9-5-2-6-10-19)11-16(25)30-12-15(24)20-13-7-3-4-8-14(13)23(28)29/h3-4,7-8H,2,5-6,9-12H2,1H3,(H,20,24). The molecule has 160 valence electrons.